The average Bonchev–Trinajstić information content (AvgIpc) is 2.88. The van der Waals surface area contributed by atoms with Crippen molar-refractivity contribution in [2.45, 2.75) is 45.3 Å². The number of rotatable bonds is 8. The molecular weight excluding hydrogens is 426 g/mol. The Morgan fingerprint density at radius 1 is 1.03 bits per heavy atom. The highest BCUT2D eigenvalue weighted by Gasteiger charge is 2.22. The van der Waals surface area contributed by atoms with Crippen molar-refractivity contribution in [1.82, 2.24) is 15.3 Å². The molecule has 178 valence electrons. The quantitative estimate of drug-likeness (QED) is 0.466. The summed E-state index contributed by atoms with van der Waals surface area (Å²) in [5.74, 6) is 1.98. The van der Waals surface area contributed by atoms with E-state index in [0.29, 0.717) is 31.1 Å². The van der Waals surface area contributed by atoms with Crippen LogP contribution in [0, 0.1) is 12.8 Å². The van der Waals surface area contributed by atoms with Crippen molar-refractivity contribution in [3.63, 3.8) is 0 Å². The summed E-state index contributed by atoms with van der Waals surface area (Å²) in [5.41, 5.74) is 3.32. The fourth-order valence-electron chi connectivity index (χ4n) is 4.36. The topological polar surface area (TPSA) is 79.4 Å². The molecular formula is C27H33N5O2. The van der Waals surface area contributed by atoms with Gasteiger partial charge in [0, 0.05) is 31.5 Å². The maximum absolute atomic E-state index is 12.0. The van der Waals surface area contributed by atoms with Gasteiger partial charge in [-0.1, -0.05) is 48.5 Å². The maximum Gasteiger partial charge on any atom is 0.407 e. The van der Waals surface area contributed by atoms with E-state index in [4.69, 9.17) is 9.72 Å². The minimum atomic E-state index is -0.355. The molecule has 0 radical (unpaired) electrons. The zero-order chi connectivity index (χ0) is 23.8. The van der Waals surface area contributed by atoms with Crippen molar-refractivity contribution >= 4 is 23.5 Å². The maximum atomic E-state index is 12.0. The van der Waals surface area contributed by atoms with Gasteiger partial charge >= 0.3 is 6.09 Å². The molecule has 1 fully saturated rings. The van der Waals surface area contributed by atoms with Gasteiger partial charge in [0.25, 0.3) is 0 Å². The van der Waals surface area contributed by atoms with Gasteiger partial charge in [0.2, 0.25) is 5.95 Å². The molecule has 1 aliphatic rings. The molecule has 0 spiro atoms. The van der Waals surface area contributed by atoms with E-state index in [1.807, 2.05) is 55.6 Å². The third kappa shape index (κ3) is 6.47. The van der Waals surface area contributed by atoms with Crippen LogP contribution in [0.2, 0.25) is 0 Å². The van der Waals surface area contributed by atoms with Crippen molar-refractivity contribution < 1.29 is 9.53 Å². The highest BCUT2D eigenvalue weighted by Crippen LogP contribution is 2.28. The van der Waals surface area contributed by atoms with Crippen LogP contribution < -0.4 is 15.5 Å². The van der Waals surface area contributed by atoms with Crippen LogP contribution in [0.4, 0.5) is 22.2 Å². The van der Waals surface area contributed by atoms with Gasteiger partial charge in [-0.3, -0.25) is 0 Å². The second-order valence-electron chi connectivity index (χ2n) is 8.89. The molecule has 7 nitrogen and oxygen atoms in total. The molecule has 4 rings (SSSR count). The Labute approximate surface area is 201 Å². The molecule has 1 heterocycles. The first-order valence-electron chi connectivity index (χ1n) is 11.9. The van der Waals surface area contributed by atoms with Crippen LogP contribution in [-0.4, -0.2) is 35.7 Å². The van der Waals surface area contributed by atoms with E-state index in [1.54, 1.807) is 6.20 Å². The summed E-state index contributed by atoms with van der Waals surface area (Å²) in [6.45, 7) is 3.04. The molecule has 1 saturated carbocycles. The highest BCUT2D eigenvalue weighted by molar-refractivity contribution is 5.67. The number of carbonyl (C=O) groups excluding carboxylic acids is 1. The summed E-state index contributed by atoms with van der Waals surface area (Å²) in [6.07, 6.45) is 5.57. The number of nitrogens with one attached hydrogen (secondary N) is 2. The highest BCUT2D eigenvalue weighted by atomic mass is 16.5. The number of aryl methyl sites for hydroxylation is 1. The molecule has 3 aromatic rings. The van der Waals surface area contributed by atoms with Crippen LogP contribution in [0.25, 0.3) is 0 Å². The van der Waals surface area contributed by atoms with Crippen LogP contribution >= 0.6 is 0 Å². The minimum absolute atomic E-state index is 0.293. The van der Waals surface area contributed by atoms with Crippen LogP contribution in [0.3, 0.4) is 0 Å². The fraction of sp³-hybridized carbons (Fsp3) is 0.370. The van der Waals surface area contributed by atoms with Crippen molar-refractivity contribution in [2.75, 3.05) is 23.8 Å². The van der Waals surface area contributed by atoms with Crippen LogP contribution in [-0.2, 0) is 11.3 Å². The summed E-state index contributed by atoms with van der Waals surface area (Å²) < 4.78 is 5.31. The van der Waals surface area contributed by atoms with E-state index in [9.17, 15) is 4.79 Å². The first-order valence-corrected chi connectivity index (χ1v) is 11.9. The molecule has 0 saturated heterocycles. The molecule has 0 bridgehead atoms. The number of alkyl carbamates (subject to hydrolysis) is 1. The minimum Gasteiger partial charge on any atom is -0.445 e. The second kappa shape index (κ2) is 11.5. The Morgan fingerprint density at radius 2 is 1.76 bits per heavy atom. The summed E-state index contributed by atoms with van der Waals surface area (Å²) in [7, 11) is 2.03. The summed E-state index contributed by atoms with van der Waals surface area (Å²) in [5, 5.41) is 6.42. The van der Waals surface area contributed by atoms with Crippen molar-refractivity contribution in [3.05, 3.63) is 78.0 Å². The molecule has 0 unspecified atom stereocenters. The van der Waals surface area contributed by atoms with Gasteiger partial charge in [0.15, 0.2) is 0 Å². The van der Waals surface area contributed by atoms with Gasteiger partial charge in [0.1, 0.15) is 12.4 Å². The van der Waals surface area contributed by atoms with E-state index in [1.165, 1.54) is 5.56 Å². The van der Waals surface area contributed by atoms with Crippen LogP contribution in [0.5, 0.6) is 0 Å². The average molecular weight is 460 g/mol. The molecule has 1 aromatic heterocycles. The molecule has 7 heteroatoms. The number of hydrogen-bond donors (Lipinski definition) is 2. The van der Waals surface area contributed by atoms with E-state index in [0.717, 1.165) is 42.8 Å². The molecule has 1 aliphatic carbocycles. The van der Waals surface area contributed by atoms with Gasteiger partial charge < -0.3 is 20.3 Å². The molecule has 1 amide bonds. The van der Waals surface area contributed by atoms with Gasteiger partial charge in [-0.25, -0.2) is 9.78 Å². The van der Waals surface area contributed by atoms with E-state index >= 15 is 0 Å². The fourth-order valence-corrected chi connectivity index (χ4v) is 4.36. The number of amides is 1. The standard InChI is InChI=1S/C27H33N5O2/c1-20-8-6-7-11-24(20)32(2)25-16-17-28-26(31-25)30-23-14-12-21(13-15-23)18-29-27(33)34-19-22-9-4-3-5-10-22/h3-11,16-17,21,23H,12-15,18-19H2,1-2H3,(H,29,33)(H,28,30,31). The monoisotopic (exact) mass is 459 g/mol. The van der Waals surface area contributed by atoms with Gasteiger partial charge in [-0.2, -0.15) is 4.98 Å². The Kier molecular flexibility index (Phi) is 7.96. The first-order chi connectivity index (χ1) is 16.6. The number of anilines is 3. The van der Waals surface area contributed by atoms with Crippen molar-refractivity contribution in [2.24, 2.45) is 5.92 Å². The number of benzene rings is 2. The predicted molar refractivity (Wildman–Crippen MR) is 135 cm³/mol. The molecule has 2 N–H and O–H groups in total. The van der Waals surface area contributed by atoms with Gasteiger partial charge in [-0.05, 0) is 61.8 Å². The first kappa shape index (κ1) is 23.5. The zero-order valence-corrected chi connectivity index (χ0v) is 19.9. The zero-order valence-electron chi connectivity index (χ0n) is 19.9. The van der Waals surface area contributed by atoms with E-state index in [-0.39, 0.29) is 6.09 Å². The Morgan fingerprint density at radius 3 is 2.53 bits per heavy atom. The number of carbonyl (C=O) groups is 1. The molecule has 0 atom stereocenters. The SMILES string of the molecule is Cc1ccccc1N(C)c1ccnc(NC2CCC(CNC(=O)OCc3ccccc3)CC2)n1. The number of ether oxygens (including phenoxy) is 1. The van der Waals surface area contributed by atoms with Crippen molar-refractivity contribution in [1.29, 1.82) is 0 Å². The lowest BCUT2D eigenvalue weighted by Crippen LogP contribution is -2.34. The number of hydrogen-bond acceptors (Lipinski definition) is 6. The lowest BCUT2D eigenvalue weighted by Gasteiger charge is -2.29. The Hall–Kier alpha value is -3.61. The lowest BCUT2D eigenvalue weighted by atomic mass is 9.86. The Balaban J connectivity index is 1.21. The number of aromatic nitrogens is 2. The number of para-hydroxylation sites is 1. The van der Waals surface area contributed by atoms with E-state index in [2.05, 4.69) is 39.6 Å². The normalized spacial score (nSPS) is 17.6. The summed E-state index contributed by atoms with van der Waals surface area (Å²) in [4.78, 5) is 23.3. The third-order valence-corrected chi connectivity index (χ3v) is 6.39. The van der Waals surface area contributed by atoms with E-state index < -0.39 is 0 Å². The summed E-state index contributed by atoms with van der Waals surface area (Å²) in [6, 6.07) is 20.2. The van der Waals surface area contributed by atoms with Crippen molar-refractivity contribution in [3.8, 4) is 0 Å². The molecule has 2 aromatic carbocycles. The third-order valence-electron chi connectivity index (χ3n) is 6.39. The lowest BCUT2D eigenvalue weighted by molar-refractivity contribution is 0.136. The molecule has 34 heavy (non-hydrogen) atoms. The largest absolute Gasteiger partial charge is 0.445 e. The second-order valence-corrected chi connectivity index (χ2v) is 8.89. The van der Waals surface area contributed by atoms with Crippen LogP contribution in [0.15, 0.2) is 66.9 Å². The summed E-state index contributed by atoms with van der Waals surface area (Å²) >= 11 is 0. The van der Waals surface area contributed by atoms with Gasteiger partial charge in [-0.15, -0.1) is 0 Å². The van der Waals surface area contributed by atoms with Gasteiger partial charge in [0.05, 0.1) is 0 Å². The Bertz CT molecular complexity index is 1070. The number of nitrogens with zero attached hydrogens (tertiary/aromatic N) is 3. The molecule has 0 aliphatic heterocycles. The predicted octanol–water partition coefficient (Wildman–Crippen LogP) is 5.45. The smallest absolute Gasteiger partial charge is 0.407 e. The van der Waals surface area contributed by atoms with Crippen LogP contribution in [0.1, 0.15) is 36.8 Å².